The molecule has 1 rings (SSSR count). The van der Waals surface area contributed by atoms with Crippen molar-refractivity contribution < 1.29 is 9.53 Å². The Labute approximate surface area is 129 Å². The van der Waals surface area contributed by atoms with E-state index in [1.165, 1.54) is 6.42 Å². The average Bonchev–Trinajstić information content (AvgIpc) is 2.50. The van der Waals surface area contributed by atoms with Gasteiger partial charge in [0, 0.05) is 38.9 Å². The van der Waals surface area contributed by atoms with Gasteiger partial charge in [0.25, 0.3) is 0 Å². The molecule has 0 spiro atoms. The summed E-state index contributed by atoms with van der Waals surface area (Å²) in [5.41, 5.74) is 6.14. The number of ether oxygens (including phenoxy) is 1. The second-order valence-corrected chi connectivity index (χ2v) is 6.11. The minimum atomic E-state index is 0.0234. The monoisotopic (exact) mass is 299 g/mol. The summed E-state index contributed by atoms with van der Waals surface area (Å²) in [5.74, 6) is 0.553. The van der Waals surface area contributed by atoms with Gasteiger partial charge in [0.1, 0.15) is 0 Å². The van der Waals surface area contributed by atoms with Gasteiger partial charge in [-0.2, -0.15) is 0 Å². The van der Waals surface area contributed by atoms with E-state index in [0.717, 1.165) is 58.4 Å². The Hall–Kier alpha value is -0.810. The van der Waals surface area contributed by atoms with Crippen LogP contribution in [0.4, 0.5) is 4.79 Å². The molecule has 5 heteroatoms. The molecule has 3 N–H and O–H groups in total. The fourth-order valence-corrected chi connectivity index (χ4v) is 2.77. The van der Waals surface area contributed by atoms with Crippen LogP contribution in [0.1, 0.15) is 52.4 Å². The zero-order valence-electron chi connectivity index (χ0n) is 13.8. The first-order valence-electron chi connectivity index (χ1n) is 8.53. The first-order chi connectivity index (χ1) is 10.2. The number of carbonyl (C=O) groups excluding carboxylic acids is 1. The van der Waals surface area contributed by atoms with Crippen LogP contribution in [-0.2, 0) is 4.74 Å². The average molecular weight is 299 g/mol. The van der Waals surface area contributed by atoms with Gasteiger partial charge in [0.2, 0.25) is 0 Å². The number of unbranched alkanes of at least 4 members (excludes halogenated alkanes) is 1. The molecule has 1 aliphatic heterocycles. The number of nitrogens with two attached hydrogens (primary N) is 1. The van der Waals surface area contributed by atoms with Gasteiger partial charge in [0.15, 0.2) is 0 Å². The van der Waals surface area contributed by atoms with Crippen LogP contribution < -0.4 is 11.1 Å². The van der Waals surface area contributed by atoms with Crippen molar-refractivity contribution in [2.24, 2.45) is 11.7 Å². The quantitative estimate of drug-likeness (QED) is 0.687. The van der Waals surface area contributed by atoms with E-state index < -0.39 is 0 Å². The number of urea groups is 1. The smallest absolute Gasteiger partial charge is 0.317 e. The number of nitrogens with one attached hydrogen (secondary N) is 1. The van der Waals surface area contributed by atoms with E-state index in [9.17, 15) is 4.79 Å². The Bertz CT molecular complexity index is 281. The Kier molecular flexibility index (Phi) is 9.42. The number of hydrogen-bond donors (Lipinski definition) is 2. The van der Waals surface area contributed by atoms with E-state index in [1.54, 1.807) is 0 Å². The highest BCUT2D eigenvalue weighted by atomic mass is 16.5. The lowest BCUT2D eigenvalue weighted by atomic mass is 9.95. The standard InChI is InChI=1S/C16H33N3O2/c1-3-5-9-19(8-4-2)16(20)18-12-15(17)11-14-7-6-10-21-13-14/h14-15H,3-13,17H2,1-2H3,(H,18,20)/t14-,15+/m1/s1. The van der Waals surface area contributed by atoms with Crippen LogP contribution >= 0.6 is 0 Å². The second kappa shape index (κ2) is 10.9. The van der Waals surface area contributed by atoms with E-state index in [1.807, 2.05) is 4.90 Å². The molecule has 1 fully saturated rings. The van der Waals surface area contributed by atoms with Gasteiger partial charge in [-0.3, -0.25) is 0 Å². The molecule has 0 bridgehead atoms. The van der Waals surface area contributed by atoms with Crippen LogP contribution in [0.5, 0.6) is 0 Å². The molecule has 0 unspecified atom stereocenters. The number of amides is 2. The maximum atomic E-state index is 12.2. The molecule has 21 heavy (non-hydrogen) atoms. The van der Waals surface area contributed by atoms with Crippen molar-refractivity contribution in [3.63, 3.8) is 0 Å². The van der Waals surface area contributed by atoms with Gasteiger partial charge in [-0.25, -0.2) is 4.79 Å². The van der Waals surface area contributed by atoms with Gasteiger partial charge in [-0.15, -0.1) is 0 Å². The third-order valence-corrected chi connectivity index (χ3v) is 3.97. The lowest BCUT2D eigenvalue weighted by molar-refractivity contribution is 0.0491. The van der Waals surface area contributed by atoms with E-state index in [4.69, 9.17) is 10.5 Å². The SMILES string of the molecule is CCCCN(CCC)C(=O)NC[C@@H](N)C[C@H]1CCCOC1. The van der Waals surface area contributed by atoms with Gasteiger partial charge >= 0.3 is 6.03 Å². The summed E-state index contributed by atoms with van der Waals surface area (Å²) < 4.78 is 5.47. The summed E-state index contributed by atoms with van der Waals surface area (Å²) in [4.78, 5) is 14.1. The largest absolute Gasteiger partial charge is 0.381 e. The molecule has 0 aromatic rings. The maximum absolute atomic E-state index is 12.2. The lowest BCUT2D eigenvalue weighted by Gasteiger charge is -2.26. The Balaban J connectivity index is 2.24. The van der Waals surface area contributed by atoms with Crippen molar-refractivity contribution in [3.8, 4) is 0 Å². The predicted octanol–water partition coefficient (Wildman–Crippen LogP) is 2.35. The Morgan fingerprint density at radius 3 is 2.81 bits per heavy atom. The van der Waals surface area contributed by atoms with Crippen molar-refractivity contribution in [1.82, 2.24) is 10.2 Å². The van der Waals surface area contributed by atoms with Crippen molar-refractivity contribution in [2.45, 2.75) is 58.4 Å². The van der Waals surface area contributed by atoms with E-state index in [0.29, 0.717) is 12.5 Å². The van der Waals surface area contributed by atoms with Crippen LogP contribution in [0.15, 0.2) is 0 Å². The van der Waals surface area contributed by atoms with E-state index in [-0.39, 0.29) is 12.1 Å². The molecule has 1 aliphatic rings. The zero-order chi connectivity index (χ0) is 15.5. The molecule has 0 aromatic carbocycles. The number of nitrogens with zero attached hydrogens (tertiary/aromatic N) is 1. The molecule has 1 saturated heterocycles. The molecular formula is C16H33N3O2. The normalized spacial score (nSPS) is 20.0. The summed E-state index contributed by atoms with van der Waals surface area (Å²) in [7, 11) is 0. The zero-order valence-corrected chi connectivity index (χ0v) is 13.8. The first-order valence-corrected chi connectivity index (χ1v) is 8.53. The highest BCUT2D eigenvalue weighted by molar-refractivity contribution is 5.74. The molecule has 0 aliphatic carbocycles. The van der Waals surface area contributed by atoms with Crippen molar-refractivity contribution in [1.29, 1.82) is 0 Å². The van der Waals surface area contributed by atoms with Gasteiger partial charge in [-0.05, 0) is 38.0 Å². The van der Waals surface area contributed by atoms with E-state index >= 15 is 0 Å². The van der Waals surface area contributed by atoms with Gasteiger partial charge in [0.05, 0.1) is 0 Å². The van der Waals surface area contributed by atoms with Crippen LogP contribution in [0, 0.1) is 5.92 Å². The van der Waals surface area contributed by atoms with Gasteiger partial charge < -0.3 is 20.7 Å². The van der Waals surface area contributed by atoms with Crippen molar-refractivity contribution in [3.05, 3.63) is 0 Å². The van der Waals surface area contributed by atoms with E-state index in [2.05, 4.69) is 19.2 Å². The van der Waals surface area contributed by atoms with Crippen LogP contribution in [0.3, 0.4) is 0 Å². The van der Waals surface area contributed by atoms with Crippen LogP contribution in [-0.4, -0.2) is 49.8 Å². The van der Waals surface area contributed by atoms with Crippen molar-refractivity contribution in [2.75, 3.05) is 32.8 Å². The highest BCUT2D eigenvalue weighted by Crippen LogP contribution is 2.17. The summed E-state index contributed by atoms with van der Waals surface area (Å²) in [6, 6.07) is 0.0518. The number of carbonyl (C=O) groups is 1. The van der Waals surface area contributed by atoms with Crippen LogP contribution in [0.2, 0.25) is 0 Å². The maximum Gasteiger partial charge on any atom is 0.317 e. The molecule has 1 heterocycles. The third-order valence-electron chi connectivity index (χ3n) is 3.97. The summed E-state index contributed by atoms with van der Waals surface area (Å²) in [5, 5.41) is 2.99. The molecule has 2 amide bonds. The summed E-state index contributed by atoms with van der Waals surface area (Å²) in [6.45, 7) is 8.15. The van der Waals surface area contributed by atoms with Gasteiger partial charge in [-0.1, -0.05) is 20.3 Å². The fraction of sp³-hybridized carbons (Fsp3) is 0.938. The molecule has 0 saturated carbocycles. The molecule has 2 atom stereocenters. The Morgan fingerprint density at radius 2 is 2.19 bits per heavy atom. The number of rotatable bonds is 9. The molecular weight excluding hydrogens is 266 g/mol. The Morgan fingerprint density at radius 1 is 1.38 bits per heavy atom. The second-order valence-electron chi connectivity index (χ2n) is 6.11. The predicted molar refractivity (Wildman–Crippen MR) is 86.3 cm³/mol. The van der Waals surface area contributed by atoms with Crippen LogP contribution in [0.25, 0.3) is 0 Å². The third kappa shape index (κ3) is 7.67. The fourth-order valence-electron chi connectivity index (χ4n) is 2.77. The summed E-state index contributed by atoms with van der Waals surface area (Å²) >= 11 is 0. The molecule has 5 nitrogen and oxygen atoms in total. The molecule has 0 aromatic heterocycles. The van der Waals surface area contributed by atoms with Crippen molar-refractivity contribution >= 4 is 6.03 Å². The topological polar surface area (TPSA) is 67.6 Å². The highest BCUT2D eigenvalue weighted by Gasteiger charge is 2.18. The molecule has 124 valence electrons. The minimum Gasteiger partial charge on any atom is -0.381 e. The molecule has 0 radical (unpaired) electrons. The minimum absolute atomic E-state index is 0.0234. The lowest BCUT2D eigenvalue weighted by Crippen LogP contribution is -2.46. The summed E-state index contributed by atoms with van der Waals surface area (Å²) in [6.07, 6.45) is 6.41. The first kappa shape index (κ1) is 18.2. The number of hydrogen-bond acceptors (Lipinski definition) is 3.